The molecule has 16 heavy (non-hydrogen) atoms. The molecule has 0 aromatic rings. The molecule has 1 heterocycles. The van der Waals surface area contributed by atoms with E-state index in [4.69, 9.17) is 0 Å². The van der Waals surface area contributed by atoms with Gasteiger partial charge in [0.2, 0.25) is 11.8 Å². The Kier molecular flexibility index (Phi) is 2.57. The summed E-state index contributed by atoms with van der Waals surface area (Å²) in [5, 5.41) is 10.1. The Morgan fingerprint density at radius 2 is 1.88 bits per heavy atom. The van der Waals surface area contributed by atoms with Gasteiger partial charge >= 0.3 is 0 Å². The van der Waals surface area contributed by atoms with Crippen molar-refractivity contribution in [1.82, 2.24) is 4.90 Å². The van der Waals surface area contributed by atoms with E-state index in [-0.39, 0.29) is 30.2 Å². The van der Waals surface area contributed by atoms with Crippen LogP contribution >= 0.6 is 0 Å². The highest BCUT2D eigenvalue weighted by Crippen LogP contribution is 2.47. The van der Waals surface area contributed by atoms with Crippen molar-refractivity contribution in [3.63, 3.8) is 0 Å². The van der Waals surface area contributed by atoms with Crippen molar-refractivity contribution < 1.29 is 14.7 Å². The first-order valence-electron chi connectivity index (χ1n) is 5.89. The number of β-amino-alcohol motifs (C(OH)–C–C–N with tert-alkyl or cyclic N) is 1. The Morgan fingerprint density at radius 3 is 2.31 bits per heavy atom. The number of fused-ring (bicyclic) bond motifs is 1. The van der Waals surface area contributed by atoms with Gasteiger partial charge in [-0.2, -0.15) is 0 Å². The SMILES string of the molecule is CC(C)CC(C)(O)CN1C(=O)C2CC2C1=O. The lowest BCUT2D eigenvalue weighted by atomic mass is 9.94. The quantitative estimate of drug-likeness (QED) is 0.720. The number of piperidine rings is 1. The Morgan fingerprint density at radius 1 is 1.38 bits per heavy atom. The first kappa shape index (κ1) is 11.6. The molecule has 2 rings (SSSR count). The van der Waals surface area contributed by atoms with E-state index in [1.807, 2.05) is 13.8 Å². The lowest BCUT2D eigenvalue weighted by Gasteiger charge is -2.30. The molecule has 4 nitrogen and oxygen atoms in total. The second kappa shape index (κ2) is 3.55. The molecule has 2 fully saturated rings. The van der Waals surface area contributed by atoms with Crippen LogP contribution in [0.4, 0.5) is 0 Å². The first-order valence-corrected chi connectivity index (χ1v) is 5.89. The number of carbonyl (C=O) groups is 2. The molecule has 1 saturated heterocycles. The van der Waals surface area contributed by atoms with Crippen LogP contribution in [0.5, 0.6) is 0 Å². The predicted octanol–water partition coefficient (Wildman–Crippen LogP) is 0.788. The Hall–Kier alpha value is -0.900. The molecule has 1 aliphatic heterocycles. The van der Waals surface area contributed by atoms with E-state index in [9.17, 15) is 14.7 Å². The second-order valence-electron chi connectivity index (χ2n) is 5.81. The molecule has 3 atom stereocenters. The number of hydrogen-bond acceptors (Lipinski definition) is 3. The Labute approximate surface area is 95.6 Å². The standard InChI is InChI=1S/C12H19NO3/c1-7(2)5-12(3,16)6-13-10(14)8-4-9(8)11(13)15/h7-9,16H,4-6H2,1-3H3. The van der Waals surface area contributed by atoms with Gasteiger partial charge in [-0.3, -0.25) is 14.5 Å². The van der Waals surface area contributed by atoms with E-state index in [0.29, 0.717) is 12.3 Å². The maximum absolute atomic E-state index is 11.7. The van der Waals surface area contributed by atoms with E-state index in [0.717, 1.165) is 6.42 Å². The van der Waals surface area contributed by atoms with Crippen LogP contribution in [0, 0.1) is 17.8 Å². The third kappa shape index (κ3) is 1.98. The zero-order valence-corrected chi connectivity index (χ0v) is 10.1. The number of aliphatic hydroxyl groups is 1. The summed E-state index contributed by atoms with van der Waals surface area (Å²) in [6.07, 6.45) is 1.32. The fourth-order valence-corrected chi connectivity index (χ4v) is 2.69. The third-order valence-corrected chi connectivity index (χ3v) is 3.30. The molecule has 0 radical (unpaired) electrons. The van der Waals surface area contributed by atoms with Gasteiger partial charge in [-0.1, -0.05) is 13.8 Å². The summed E-state index contributed by atoms with van der Waals surface area (Å²) in [5.74, 6) is 0.0418. The molecule has 90 valence electrons. The van der Waals surface area contributed by atoms with E-state index >= 15 is 0 Å². The minimum atomic E-state index is -0.962. The molecular weight excluding hydrogens is 206 g/mol. The lowest BCUT2D eigenvalue weighted by molar-refractivity contribution is -0.145. The molecule has 0 spiro atoms. The van der Waals surface area contributed by atoms with Crippen molar-refractivity contribution in [2.45, 2.75) is 39.2 Å². The molecule has 1 N–H and O–H groups in total. The van der Waals surface area contributed by atoms with Gasteiger partial charge < -0.3 is 5.11 Å². The average Bonchev–Trinajstić information content (AvgIpc) is 2.84. The summed E-state index contributed by atoms with van der Waals surface area (Å²) in [6.45, 7) is 5.87. The molecular formula is C12H19NO3. The van der Waals surface area contributed by atoms with E-state index in [1.165, 1.54) is 4.90 Å². The summed E-state index contributed by atoms with van der Waals surface area (Å²) in [4.78, 5) is 24.7. The van der Waals surface area contributed by atoms with Crippen molar-refractivity contribution >= 4 is 11.8 Å². The molecule has 0 aromatic heterocycles. The van der Waals surface area contributed by atoms with Gasteiger partial charge in [-0.05, 0) is 25.7 Å². The zero-order chi connectivity index (χ0) is 12.1. The van der Waals surface area contributed by atoms with Crippen LogP contribution in [0.2, 0.25) is 0 Å². The smallest absolute Gasteiger partial charge is 0.233 e. The van der Waals surface area contributed by atoms with Gasteiger partial charge in [-0.15, -0.1) is 0 Å². The number of rotatable bonds is 4. The minimum absolute atomic E-state index is 0.0673. The number of carbonyl (C=O) groups excluding carboxylic acids is 2. The second-order valence-corrected chi connectivity index (χ2v) is 5.81. The lowest BCUT2D eigenvalue weighted by Crippen LogP contribution is -2.45. The van der Waals surface area contributed by atoms with Gasteiger partial charge in [0.1, 0.15) is 0 Å². The fraction of sp³-hybridized carbons (Fsp3) is 0.833. The normalized spacial score (nSPS) is 31.9. The molecule has 1 saturated carbocycles. The van der Waals surface area contributed by atoms with Crippen molar-refractivity contribution in [1.29, 1.82) is 0 Å². The van der Waals surface area contributed by atoms with Crippen LogP contribution in [-0.4, -0.2) is 34.0 Å². The summed E-state index contributed by atoms with van der Waals surface area (Å²) >= 11 is 0. The van der Waals surface area contributed by atoms with E-state index < -0.39 is 5.60 Å². The summed E-state index contributed by atoms with van der Waals surface area (Å²) in [5.41, 5.74) is -0.962. The monoisotopic (exact) mass is 225 g/mol. The molecule has 0 aromatic carbocycles. The van der Waals surface area contributed by atoms with Gasteiger partial charge in [0.15, 0.2) is 0 Å². The molecule has 2 amide bonds. The molecule has 0 bridgehead atoms. The summed E-state index contributed by atoms with van der Waals surface area (Å²) in [6, 6.07) is 0. The van der Waals surface area contributed by atoms with Crippen LogP contribution in [0.1, 0.15) is 33.6 Å². The van der Waals surface area contributed by atoms with Crippen molar-refractivity contribution in [3.05, 3.63) is 0 Å². The zero-order valence-electron chi connectivity index (χ0n) is 10.1. The Balaban J connectivity index is 1.99. The fourth-order valence-electron chi connectivity index (χ4n) is 2.69. The van der Waals surface area contributed by atoms with E-state index in [2.05, 4.69) is 0 Å². The highest BCUT2D eigenvalue weighted by molar-refractivity contribution is 6.08. The van der Waals surface area contributed by atoms with E-state index in [1.54, 1.807) is 6.92 Å². The molecule has 2 aliphatic rings. The first-order chi connectivity index (χ1) is 7.32. The van der Waals surface area contributed by atoms with Gasteiger partial charge in [0, 0.05) is 0 Å². The number of nitrogens with zero attached hydrogens (tertiary/aromatic N) is 1. The van der Waals surface area contributed by atoms with Crippen LogP contribution in [-0.2, 0) is 9.59 Å². The topological polar surface area (TPSA) is 57.6 Å². The number of hydrogen-bond donors (Lipinski definition) is 1. The number of amides is 2. The van der Waals surface area contributed by atoms with Crippen LogP contribution in [0.25, 0.3) is 0 Å². The summed E-state index contributed by atoms with van der Waals surface area (Å²) in [7, 11) is 0. The van der Waals surface area contributed by atoms with Crippen LogP contribution < -0.4 is 0 Å². The average molecular weight is 225 g/mol. The highest BCUT2D eigenvalue weighted by atomic mass is 16.3. The predicted molar refractivity (Wildman–Crippen MR) is 58.4 cm³/mol. The number of imide groups is 1. The van der Waals surface area contributed by atoms with Crippen molar-refractivity contribution in [3.8, 4) is 0 Å². The minimum Gasteiger partial charge on any atom is -0.388 e. The van der Waals surface area contributed by atoms with Crippen molar-refractivity contribution in [2.75, 3.05) is 6.54 Å². The largest absolute Gasteiger partial charge is 0.388 e. The van der Waals surface area contributed by atoms with Gasteiger partial charge in [0.25, 0.3) is 0 Å². The molecule has 4 heteroatoms. The van der Waals surface area contributed by atoms with Crippen LogP contribution in [0.15, 0.2) is 0 Å². The van der Waals surface area contributed by atoms with Gasteiger partial charge in [-0.25, -0.2) is 0 Å². The molecule has 3 unspecified atom stereocenters. The van der Waals surface area contributed by atoms with Gasteiger partial charge in [0.05, 0.1) is 24.0 Å². The summed E-state index contributed by atoms with van der Waals surface area (Å²) < 4.78 is 0. The van der Waals surface area contributed by atoms with Crippen molar-refractivity contribution in [2.24, 2.45) is 17.8 Å². The Bertz CT molecular complexity index is 315. The number of likely N-dealkylation sites (tertiary alicyclic amines) is 1. The maximum Gasteiger partial charge on any atom is 0.233 e. The molecule has 1 aliphatic carbocycles. The third-order valence-electron chi connectivity index (χ3n) is 3.30. The highest BCUT2D eigenvalue weighted by Gasteiger charge is 2.59. The van der Waals surface area contributed by atoms with Crippen LogP contribution in [0.3, 0.4) is 0 Å². The maximum atomic E-state index is 11.7.